The third-order valence-corrected chi connectivity index (χ3v) is 2.98. The van der Waals surface area contributed by atoms with Crippen LogP contribution in [0.4, 0.5) is 4.39 Å². The lowest BCUT2D eigenvalue weighted by Gasteiger charge is -2.16. The number of aliphatic imine (C=N–C) groups is 1. The molecular weight excluding hydrogens is 257 g/mol. The van der Waals surface area contributed by atoms with Crippen LogP contribution >= 0.6 is 0 Å². The largest absolute Gasteiger partial charge is 0.491 e. The van der Waals surface area contributed by atoms with Gasteiger partial charge in [-0.15, -0.1) is 0 Å². The van der Waals surface area contributed by atoms with Gasteiger partial charge in [0.15, 0.2) is 17.5 Å². The van der Waals surface area contributed by atoms with Crippen LogP contribution < -0.4 is 15.4 Å². The summed E-state index contributed by atoms with van der Waals surface area (Å²) < 4.78 is 18.9. The molecule has 0 aromatic heterocycles. The first-order valence-corrected chi connectivity index (χ1v) is 6.99. The Hall–Kier alpha value is -1.78. The number of rotatable bonds is 6. The normalized spacial score (nSPS) is 12.9. The van der Waals surface area contributed by atoms with Crippen molar-refractivity contribution in [2.75, 3.05) is 13.7 Å². The Bertz CT molecular complexity index is 449. The second-order valence-electron chi connectivity index (χ2n) is 4.58. The quantitative estimate of drug-likeness (QED) is 0.622. The topological polar surface area (TPSA) is 45.6 Å². The molecule has 1 atom stereocenters. The number of nitrogens with zero attached hydrogens (tertiary/aromatic N) is 1. The summed E-state index contributed by atoms with van der Waals surface area (Å²) >= 11 is 0. The van der Waals surface area contributed by atoms with E-state index in [9.17, 15) is 4.39 Å². The van der Waals surface area contributed by atoms with E-state index in [4.69, 9.17) is 4.74 Å². The SMILES string of the molecule is CCOc1ccc(CNC(=NC)NC(C)CC)cc1F. The molecule has 0 radical (unpaired) electrons. The number of hydrogen-bond acceptors (Lipinski definition) is 2. The molecule has 0 aliphatic rings. The molecule has 0 aliphatic heterocycles. The molecule has 112 valence electrons. The predicted molar refractivity (Wildman–Crippen MR) is 80.7 cm³/mol. The maximum absolute atomic E-state index is 13.7. The monoisotopic (exact) mass is 281 g/mol. The fraction of sp³-hybridized carbons (Fsp3) is 0.533. The van der Waals surface area contributed by atoms with Gasteiger partial charge in [-0.3, -0.25) is 4.99 Å². The van der Waals surface area contributed by atoms with Crippen LogP contribution in [-0.4, -0.2) is 25.7 Å². The third-order valence-electron chi connectivity index (χ3n) is 2.98. The number of guanidine groups is 1. The van der Waals surface area contributed by atoms with Crippen molar-refractivity contribution in [1.29, 1.82) is 0 Å². The maximum Gasteiger partial charge on any atom is 0.191 e. The van der Waals surface area contributed by atoms with Crippen molar-refractivity contribution in [3.8, 4) is 5.75 Å². The molecule has 0 saturated heterocycles. The van der Waals surface area contributed by atoms with Gasteiger partial charge in [0, 0.05) is 19.6 Å². The maximum atomic E-state index is 13.7. The lowest BCUT2D eigenvalue weighted by atomic mass is 10.2. The first-order chi connectivity index (χ1) is 9.60. The molecule has 0 bridgehead atoms. The highest BCUT2D eigenvalue weighted by molar-refractivity contribution is 5.79. The zero-order valence-corrected chi connectivity index (χ0v) is 12.7. The average Bonchev–Trinajstić information content (AvgIpc) is 2.45. The van der Waals surface area contributed by atoms with Gasteiger partial charge in [0.05, 0.1) is 6.61 Å². The first-order valence-electron chi connectivity index (χ1n) is 6.99. The van der Waals surface area contributed by atoms with Crippen molar-refractivity contribution in [1.82, 2.24) is 10.6 Å². The van der Waals surface area contributed by atoms with Crippen LogP contribution in [0, 0.1) is 5.82 Å². The Morgan fingerprint density at radius 1 is 1.40 bits per heavy atom. The van der Waals surface area contributed by atoms with Crippen LogP contribution in [0.3, 0.4) is 0 Å². The van der Waals surface area contributed by atoms with E-state index < -0.39 is 0 Å². The van der Waals surface area contributed by atoms with E-state index in [1.54, 1.807) is 13.1 Å². The van der Waals surface area contributed by atoms with Gasteiger partial charge in [-0.1, -0.05) is 13.0 Å². The Labute approximate surface area is 120 Å². The van der Waals surface area contributed by atoms with Gasteiger partial charge in [0.1, 0.15) is 0 Å². The Morgan fingerprint density at radius 3 is 2.70 bits per heavy atom. The van der Waals surface area contributed by atoms with Gasteiger partial charge in [0.2, 0.25) is 0 Å². The summed E-state index contributed by atoms with van der Waals surface area (Å²) in [5, 5.41) is 6.41. The minimum atomic E-state index is -0.337. The number of benzene rings is 1. The standard InChI is InChI=1S/C15H24FN3O/c1-5-11(3)19-15(17-4)18-10-12-7-8-14(20-6-2)13(16)9-12/h7-9,11H,5-6,10H2,1-4H3,(H2,17,18,19). The van der Waals surface area contributed by atoms with Crippen LogP contribution in [0.25, 0.3) is 0 Å². The van der Waals surface area contributed by atoms with Crippen LogP contribution in [0.2, 0.25) is 0 Å². The summed E-state index contributed by atoms with van der Waals surface area (Å²) in [5.74, 6) is 0.669. The molecule has 5 heteroatoms. The highest BCUT2D eigenvalue weighted by atomic mass is 19.1. The van der Waals surface area contributed by atoms with Gasteiger partial charge in [0.25, 0.3) is 0 Å². The Balaban J connectivity index is 2.58. The second-order valence-corrected chi connectivity index (χ2v) is 4.58. The molecule has 0 fully saturated rings. The molecule has 1 aromatic carbocycles. The fourth-order valence-electron chi connectivity index (χ4n) is 1.64. The van der Waals surface area contributed by atoms with Crippen molar-refractivity contribution in [3.05, 3.63) is 29.6 Å². The molecule has 0 saturated carbocycles. The van der Waals surface area contributed by atoms with Gasteiger partial charge >= 0.3 is 0 Å². The number of hydrogen-bond donors (Lipinski definition) is 2. The van der Waals surface area contributed by atoms with Crippen LogP contribution in [0.15, 0.2) is 23.2 Å². The molecule has 4 nitrogen and oxygen atoms in total. The van der Waals surface area contributed by atoms with Crippen molar-refractivity contribution in [2.45, 2.75) is 39.8 Å². The molecular formula is C15H24FN3O. The van der Waals surface area contributed by atoms with Crippen LogP contribution in [0.5, 0.6) is 5.75 Å². The first kappa shape index (κ1) is 16.3. The summed E-state index contributed by atoms with van der Waals surface area (Å²) in [6, 6.07) is 5.32. The van der Waals surface area contributed by atoms with Crippen molar-refractivity contribution in [3.63, 3.8) is 0 Å². The van der Waals surface area contributed by atoms with E-state index >= 15 is 0 Å². The molecule has 1 rings (SSSR count). The Kier molecular flexibility index (Phi) is 6.84. The zero-order valence-electron chi connectivity index (χ0n) is 12.7. The Morgan fingerprint density at radius 2 is 2.15 bits per heavy atom. The van der Waals surface area contributed by atoms with Crippen molar-refractivity contribution < 1.29 is 9.13 Å². The minimum Gasteiger partial charge on any atom is -0.491 e. The lowest BCUT2D eigenvalue weighted by Crippen LogP contribution is -2.41. The summed E-state index contributed by atoms with van der Waals surface area (Å²) in [5.41, 5.74) is 0.845. The molecule has 0 amide bonds. The molecule has 0 spiro atoms. The summed E-state index contributed by atoms with van der Waals surface area (Å²) in [4.78, 5) is 4.14. The van der Waals surface area contributed by atoms with Crippen molar-refractivity contribution in [2.24, 2.45) is 4.99 Å². The van der Waals surface area contributed by atoms with E-state index in [0.717, 1.165) is 12.0 Å². The molecule has 1 unspecified atom stereocenters. The van der Waals surface area contributed by atoms with Crippen LogP contribution in [-0.2, 0) is 6.54 Å². The highest BCUT2D eigenvalue weighted by Crippen LogP contribution is 2.18. The third kappa shape index (κ3) is 5.07. The average molecular weight is 281 g/mol. The van der Waals surface area contributed by atoms with Gasteiger partial charge < -0.3 is 15.4 Å². The molecule has 2 N–H and O–H groups in total. The molecule has 1 aromatic rings. The predicted octanol–water partition coefficient (Wildman–Crippen LogP) is 2.69. The summed E-state index contributed by atoms with van der Waals surface area (Å²) in [6.07, 6.45) is 1.01. The molecule has 0 aliphatic carbocycles. The second kappa shape index (κ2) is 8.40. The van der Waals surface area contributed by atoms with Crippen molar-refractivity contribution >= 4 is 5.96 Å². The van der Waals surface area contributed by atoms with Crippen LogP contribution in [0.1, 0.15) is 32.8 Å². The van der Waals surface area contributed by atoms with E-state index in [1.165, 1.54) is 6.07 Å². The van der Waals surface area contributed by atoms with E-state index in [1.807, 2.05) is 13.0 Å². The lowest BCUT2D eigenvalue weighted by molar-refractivity contribution is 0.321. The van der Waals surface area contributed by atoms with E-state index in [2.05, 4.69) is 29.5 Å². The molecule has 20 heavy (non-hydrogen) atoms. The minimum absolute atomic E-state index is 0.290. The highest BCUT2D eigenvalue weighted by Gasteiger charge is 2.06. The number of halogens is 1. The smallest absolute Gasteiger partial charge is 0.191 e. The van der Waals surface area contributed by atoms with E-state index in [0.29, 0.717) is 30.9 Å². The molecule has 0 heterocycles. The van der Waals surface area contributed by atoms with Gasteiger partial charge in [-0.2, -0.15) is 0 Å². The van der Waals surface area contributed by atoms with E-state index in [-0.39, 0.29) is 5.82 Å². The fourth-order valence-corrected chi connectivity index (χ4v) is 1.64. The summed E-state index contributed by atoms with van der Waals surface area (Å²) in [7, 11) is 1.72. The number of ether oxygens (including phenoxy) is 1. The number of nitrogens with one attached hydrogen (secondary N) is 2. The van der Waals surface area contributed by atoms with Gasteiger partial charge in [-0.05, 0) is 38.0 Å². The van der Waals surface area contributed by atoms with Gasteiger partial charge in [-0.25, -0.2) is 4.39 Å². The summed E-state index contributed by atoms with van der Waals surface area (Å²) in [6.45, 7) is 7.00. The zero-order chi connectivity index (χ0) is 15.0.